The predicted molar refractivity (Wildman–Crippen MR) is 66.3 cm³/mol. The molecule has 0 radical (unpaired) electrons. The number of ether oxygens (including phenoxy) is 1. The van der Waals surface area contributed by atoms with Gasteiger partial charge in [0.15, 0.2) is 0 Å². The van der Waals surface area contributed by atoms with E-state index in [0.29, 0.717) is 18.7 Å². The standard InChI is InChI=1S/C12H18N4O2/c1-8-5-16(6-10(7-17)18-8)12-11(4-13)9(2)14-15(12)3/h8,10,17H,5-7H2,1-3H3. The molecule has 2 atom stereocenters. The lowest BCUT2D eigenvalue weighted by Crippen LogP contribution is -2.48. The van der Waals surface area contributed by atoms with Crippen molar-refractivity contribution in [3.8, 4) is 6.07 Å². The lowest BCUT2D eigenvalue weighted by atomic mass is 10.2. The van der Waals surface area contributed by atoms with E-state index in [1.54, 1.807) is 4.68 Å². The molecule has 1 aliphatic rings. The molecule has 2 rings (SSSR count). The van der Waals surface area contributed by atoms with Gasteiger partial charge in [-0.3, -0.25) is 4.68 Å². The van der Waals surface area contributed by atoms with Crippen molar-refractivity contribution in [2.24, 2.45) is 7.05 Å². The third-order valence-corrected chi connectivity index (χ3v) is 3.13. The van der Waals surface area contributed by atoms with Crippen LogP contribution in [-0.4, -0.2) is 46.8 Å². The fourth-order valence-corrected chi connectivity index (χ4v) is 2.46. The Hall–Kier alpha value is -1.58. The number of rotatable bonds is 2. The SMILES string of the molecule is Cc1nn(C)c(N2CC(C)OC(CO)C2)c1C#N. The van der Waals surface area contributed by atoms with E-state index in [1.807, 2.05) is 20.9 Å². The molecule has 1 aromatic rings. The summed E-state index contributed by atoms with van der Waals surface area (Å²) in [6, 6.07) is 2.20. The normalized spacial score (nSPS) is 24.1. The summed E-state index contributed by atoms with van der Waals surface area (Å²) in [5.41, 5.74) is 1.33. The number of nitriles is 1. The first kappa shape index (κ1) is 12.9. The van der Waals surface area contributed by atoms with Crippen molar-refractivity contribution >= 4 is 5.82 Å². The number of aromatic nitrogens is 2. The van der Waals surface area contributed by atoms with Crippen molar-refractivity contribution in [3.63, 3.8) is 0 Å². The van der Waals surface area contributed by atoms with Crippen molar-refractivity contribution in [2.45, 2.75) is 26.1 Å². The van der Waals surface area contributed by atoms with Crippen LogP contribution in [0, 0.1) is 18.3 Å². The molecule has 6 heteroatoms. The zero-order chi connectivity index (χ0) is 13.3. The Morgan fingerprint density at radius 1 is 1.56 bits per heavy atom. The van der Waals surface area contributed by atoms with Crippen LogP contribution in [0.15, 0.2) is 0 Å². The fourth-order valence-electron chi connectivity index (χ4n) is 2.46. The zero-order valence-corrected chi connectivity index (χ0v) is 10.9. The lowest BCUT2D eigenvalue weighted by molar-refractivity contribution is -0.0424. The van der Waals surface area contributed by atoms with Crippen LogP contribution in [0.25, 0.3) is 0 Å². The van der Waals surface area contributed by atoms with E-state index >= 15 is 0 Å². The van der Waals surface area contributed by atoms with Crippen LogP contribution in [0.1, 0.15) is 18.2 Å². The van der Waals surface area contributed by atoms with Crippen LogP contribution in [0.5, 0.6) is 0 Å². The predicted octanol–water partition coefficient (Wildman–Crippen LogP) is 0.186. The molecule has 18 heavy (non-hydrogen) atoms. The van der Waals surface area contributed by atoms with Crippen molar-refractivity contribution in [1.82, 2.24) is 9.78 Å². The van der Waals surface area contributed by atoms with E-state index in [1.165, 1.54) is 0 Å². The van der Waals surface area contributed by atoms with Gasteiger partial charge in [-0.15, -0.1) is 0 Å². The van der Waals surface area contributed by atoms with Gasteiger partial charge < -0.3 is 14.7 Å². The third kappa shape index (κ3) is 2.19. The second-order valence-electron chi connectivity index (χ2n) is 4.68. The summed E-state index contributed by atoms with van der Waals surface area (Å²) >= 11 is 0. The highest BCUT2D eigenvalue weighted by Gasteiger charge is 2.29. The summed E-state index contributed by atoms with van der Waals surface area (Å²) < 4.78 is 7.33. The van der Waals surface area contributed by atoms with Crippen molar-refractivity contribution < 1.29 is 9.84 Å². The molecule has 0 amide bonds. The summed E-state index contributed by atoms with van der Waals surface area (Å²) in [5.74, 6) is 0.809. The fraction of sp³-hybridized carbons (Fsp3) is 0.667. The summed E-state index contributed by atoms with van der Waals surface area (Å²) in [7, 11) is 1.83. The molecule has 0 saturated carbocycles. The van der Waals surface area contributed by atoms with Crippen LogP contribution < -0.4 is 4.90 Å². The first-order chi connectivity index (χ1) is 8.56. The van der Waals surface area contributed by atoms with Gasteiger partial charge >= 0.3 is 0 Å². The van der Waals surface area contributed by atoms with Crippen molar-refractivity contribution in [3.05, 3.63) is 11.3 Å². The molecule has 1 aromatic heterocycles. The third-order valence-electron chi connectivity index (χ3n) is 3.13. The van der Waals surface area contributed by atoms with E-state index in [4.69, 9.17) is 4.74 Å². The van der Waals surface area contributed by atoms with Crippen molar-refractivity contribution in [1.29, 1.82) is 5.26 Å². The minimum atomic E-state index is -0.213. The van der Waals surface area contributed by atoms with Gasteiger partial charge in [-0.1, -0.05) is 0 Å². The lowest BCUT2D eigenvalue weighted by Gasteiger charge is -2.37. The Kier molecular flexibility index (Phi) is 3.55. The van der Waals surface area contributed by atoms with Gasteiger partial charge in [-0.2, -0.15) is 10.4 Å². The Morgan fingerprint density at radius 3 is 2.89 bits per heavy atom. The monoisotopic (exact) mass is 250 g/mol. The van der Waals surface area contributed by atoms with Gasteiger partial charge in [-0.05, 0) is 13.8 Å². The Balaban J connectivity index is 2.34. The molecule has 0 aliphatic carbocycles. The summed E-state index contributed by atoms with van der Waals surface area (Å²) in [6.45, 7) is 5.05. The number of anilines is 1. The highest BCUT2D eigenvalue weighted by atomic mass is 16.5. The van der Waals surface area contributed by atoms with Gasteiger partial charge in [0.2, 0.25) is 0 Å². The summed E-state index contributed by atoms with van der Waals surface area (Å²) in [6.07, 6.45) is -0.187. The first-order valence-electron chi connectivity index (χ1n) is 6.01. The molecular weight excluding hydrogens is 232 g/mol. The maximum Gasteiger partial charge on any atom is 0.145 e. The Morgan fingerprint density at radius 2 is 2.28 bits per heavy atom. The van der Waals surface area contributed by atoms with E-state index in [2.05, 4.69) is 16.1 Å². The maximum absolute atomic E-state index is 9.24. The summed E-state index contributed by atoms with van der Waals surface area (Å²) in [4.78, 5) is 2.06. The number of hydrogen-bond donors (Lipinski definition) is 1. The Labute approximate surface area is 106 Å². The number of hydrogen-bond acceptors (Lipinski definition) is 5. The van der Waals surface area contributed by atoms with Gasteiger partial charge in [-0.25, -0.2) is 0 Å². The highest BCUT2D eigenvalue weighted by Crippen LogP contribution is 2.25. The molecule has 98 valence electrons. The molecule has 0 spiro atoms. The van der Waals surface area contributed by atoms with E-state index < -0.39 is 0 Å². The quantitative estimate of drug-likeness (QED) is 0.811. The second-order valence-corrected chi connectivity index (χ2v) is 4.68. The van der Waals surface area contributed by atoms with E-state index in [9.17, 15) is 10.4 Å². The van der Waals surface area contributed by atoms with Crippen LogP contribution >= 0.6 is 0 Å². The highest BCUT2D eigenvalue weighted by molar-refractivity contribution is 5.57. The topological polar surface area (TPSA) is 74.3 Å². The molecule has 0 aromatic carbocycles. The van der Waals surface area contributed by atoms with Gasteiger partial charge in [0.05, 0.1) is 24.5 Å². The van der Waals surface area contributed by atoms with Crippen LogP contribution in [0.4, 0.5) is 5.82 Å². The van der Waals surface area contributed by atoms with Crippen LogP contribution in [0.3, 0.4) is 0 Å². The molecule has 1 N–H and O–H groups in total. The van der Waals surface area contributed by atoms with Crippen LogP contribution in [0.2, 0.25) is 0 Å². The molecule has 0 bridgehead atoms. The molecule has 1 saturated heterocycles. The largest absolute Gasteiger partial charge is 0.394 e. The number of morpholine rings is 1. The summed E-state index contributed by atoms with van der Waals surface area (Å²) in [5, 5.41) is 22.7. The van der Waals surface area contributed by atoms with E-state index in [-0.39, 0.29) is 18.8 Å². The molecule has 2 heterocycles. The van der Waals surface area contributed by atoms with Gasteiger partial charge in [0.25, 0.3) is 0 Å². The number of nitrogens with zero attached hydrogens (tertiary/aromatic N) is 4. The average Bonchev–Trinajstić information content (AvgIpc) is 2.62. The van der Waals surface area contributed by atoms with Crippen LogP contribution in [-0.2, 0) is 11.8 Å². The average molecular weight is 250 g/mol. The molecule has 1 aliphatic heterocycles. The number of aryl methyl sites for hydroxylation is 2. The zero-order valence-electron chi connectivity index (χ0n) is 10.9. The number of aliphatic hydroxyl groups is 1. The van der Waals surface area contributed by atoms with E-state index in [0.717, 1.165) is 11.5 Å². The molecular formula is C12H18N4O2. The second kappa shape index (κ2) is 4.96. The smallest absolute Gasteiger partial charge is 0.145 e. The first-order valence-corrected chi connectivity index (χ1v) is 6.01. The molecule has 6 nitrogen and oxygen atoms in total. The molecule has 1 fully saturated rings. The minimum absolute atomic E-state index is 0.0143. The number of aliphatic hydroxyl groups excluding tert-OH is 1. The van der Waals surface area contributed by atoms with Gasteiger partial charge in [0.1, 0.15) is 17.5 Å². The molecule has 2 unspecified atom stereocenters. The minimum Gasteiger partial charge on any atom is -0.394 e. The Bertz CT molecular complexity index is 477. The maximum atomic E-state index is 9.24. The van der Waals surface area contributed by atoms with Crippen molar-refractivity contribution in [2.75, 3.05) is 24.6 Å². The van der Waals surface area contributed by atoms with Gasteiger partial charge in [0, 0.05) is 20.1 Å².